The summed E-state index contributed by atoms with van der Waals surface area (Å²) >= 11 is 0. The van der Waals surface area contributed by atoms with Crippen LogP contribution in [0.2, 0.25) is 0 Å². The molecule has 0 saturated heterocycles. The standard InChI is InChI=1S/C13H15N3O2/c1-9-2-3-10(11(17)8-9)13(18)16-5-4-12-14-6-7-15-12/h2-3,6-8,17H,4-5H2,1H3,(H,14,15)(H,16,18). The molecule has 0 saturated carbocycles. The van der Waals surface area contributed by atoms with Crippen molar-refractivity contribution >= 4 is 5.91 Å². The third kappa shape index (κ3) is 2.88. The number of benzene rings is 1. The van der Waals surface area contributed by atoms with Gasteiger partial charge in [-0.25, -0.2) is 4.98 Å². The van der Waals surface area contributed by atoms with Crippen molar-refractivity contribution in [1.82, 2.24) is 15.3 Å². The number of nitrogens with one attached hydrogen (secondary N) is 2. The molecule has 3 N–H and O–H groups in total. The van der Waals surface area contributed by atoms with E-state index in [1.807, 2.05) is 6.92 Å². The van der Waals surface area contributed by atoms with Crippen molar-refractivity contribution < 1.29 is 9.90 Å². The first kappa shape index (κ1) is 12.2. The minimum absolute atomic E-state index is 0.00509. The van der Waals surface area contributed by atoms with Crippen molar-refractivity contribution in [2.75, 3.05) is 6.54 Å². The van der Waals surface area contributed by atoms with Crippen molar-refractivity contribution in [1.29, 1.82) is 0 Å². The van der Waals surface area contributed by atoms with E-state index in [0.29, 0.717) is 18.5 Å². The van der Waals surface area contributed by atoms with E-state index in [-0.39, 0.29) is 11.7 Å². The average molecular weight is 245 g/mol. The van der Waals surface area contributed by atoms with Crippen LogP contribution in [0.5, 0.6) is 5.75 Å². The topological polar surface area (TPSA) is 78.0 Å². The Morgan fingerprint density at radius 1 is 1.50 bits per heavy atom. The van der Waals surface area contributed by atoms with Crippen molar-refractivity contribution in [3.05, 3.63) is 47.5 Å². The summed E-state index contributed by atoms with van der Waals surface area (Å²) in [6.45, 7) is 2.33. The van der Waals surface area contributed by atoms with E-state index in [1.165, 1.54) is 0 Å². The van der Waals surface area contributed by atoms with Gasteiger partial charge in [-0.2, -0.15) is 0 Å². The van der Waals surface area contributed by atoms with Crippen molar-refractivity contribution in [2.24, 2.45) is 0 Å². The normalized spacial score (nSPS) is 10.3. The maximum Gasteiger partial charge on any atom is 0.255 e. The van der Waals surface area contributed by atoms with Gasteiger partial charge >= 0.3 is 0 Å². The zero-order chi connectivity index (χ0) is 13.0. The first-order valence-corrected chi connectivity index (χ1v) is 5.73. The van der Waals surface area contributed by atoms with E-state index in [0.717, 1.165) is 11.4 Å². The fourth-order valence-corrected chi connectivity index (χ4v) is 1.66. The first-order valence-electron chi connectivity index (χ1n) is 5.73. The predicted octanol–water partition coefficient (Wildman–Crippen LogP) is 1.40. The highest BCUT2D eigenvalue weighted by Gasteiger charge is 2.10. The molecule has 0 bridgehead atoms. The molecule has 0 radical (unpaired) electrons. The molecular formula is C13H15N3O2. The van der Waals surface area contributed by atoms with Gasteiger partial charge in [0.25, 0.3) is 5.91 Å². The van der Waals surface area contributed by atoms with Crippen LogP contribution in [0.3, 0.4) is 0 Å². The summed E-state index contributed by atoms with van der Waals surface area (Å²) in [7, 11) is 0. The van der Waals surface area contributed by atoms with Crippen molar-refractivity contribution in [3.8, 4) is 5.75 Å². The van der Waals surface area contributed by atoms with Crippen LogP contribution in [0.25, 0.3) is 0 Å². The Morgan fingerprint density at radius 2 is 2.33 bits per heavy atom. The number of aryl methyl sites for hydroxylation is 1. The summed E-state index contributed by atoms with van der Waals surface area (Å²) in [6, 6.07) is 4.98. The van der Waals surface area contributed by atoms with Gasteiger partial charge in [-0.15, -0.1) is 0 Å². The summed E-state index contributed by atoms with van der Waals surface area (Å²) in [5.74, 6) is 0.549. The second kappa shape index (κ2) is 5.35. The van der Waals surface area contributed by atoms with E-state index in [1.54, 1.807) is 30.6 Å². The smallest absolute Gasteiger partial charge is 0.255 e. The van der Waals surface area contributed by atoms with Crippen LogP contribution in [-0.4, -0.2) is 27.5 Å². The van der Waals surface area contributed by atoms with Gasteiger partial charge in [0, 0.05) is 25.4 Å². The summed E-state index contributed by atoms with van der Waals surface area (Å²) in [5, 5.41) is 12.4. The molecule has 0 atom stereocenters. The Hall–Kier alpha value is -2.30. The molecule has 0 aliphatic rings. The lowest BCUT2D eigenvalue weighted by Gasteiger charge is -2.06. The zero-order valence-electron chi connectivity index (χ0n) is 10.1. The van der Waals surface area contributed by atoms with Crippen LogP contribution in [0.1, 0.15) is 21.7 Å². The molecule has 0 spiro atoms. The first-order chi connectivity index (χ1) is 8.66. The van der Waals surface area contributed by atoms with E-state index in [2.05, 4.69) is 15.3 Å². The number of phenolic OH excluding ortho intramolecular Hbond substituents is 1. The van der Waals surface area contributed by atoms with E-state index in [4.69, 9.17) is 0 Å². The molecule has 94 valence electrons. The maximum absolute atomic E-state index is 11.8. The number of amides is 1. The van der Waals surface area contributed by atoms with Crippen LogP contribution >= 0.6 is 0 Å². The number of aromatic nitrogens is 2. The Kier molecular flexibility index (Phi) is 3.62. The van der Waals surface area contributed by atoms with Crippen molar-refractivity contribution in [2.45, 2.75) is 13.3 Å². The molecule has 2 rings (SSSR count). The summed E-state index contributed by atoms with van der Waals surface area (Å²) < 4.78 is 0. The lowest BCUT2D eigenvalue weighted by atomic mass is 10.1. The quantitative estimate of drug-likeness (QED) is 0.761. The Morgan fingerprint density at radius 3 is 3.00 bits per heavy atom. The molecule has 0 unspecified atom stereocenters. The Balaban J connectivity index is 1.91. The van der Waals surface area contributed by atoms with Gasteiger partial charge in [-0.3, -0.25) is 4.79 Å². The molecule has 1 aromatic carbocycles. The van der Waals surface area contributed by atoms with E-state index in [9.17, 15) is 9.90 Å². The number of nitrogens with zero attached hydrogens (tertiary/aromatic N) is 1. The summed E-state index contributed by atoms with van der Waals surface area (Å²) in [5.41, 5.74) is 1.21. The lowest BCUT2D eigenvalue weighted by Crippen LogP contribution is -2.26. The largest absolute Gasteiger partial charge is 0.507 e. The summed E-state index contributed by atoms with van der Waals surface area (Å²) in [6.07, 6.45) is 4.04. The van der Waals surface area contributed by atoms with Gasteiger partial charge in [0.1, 0.15) is 11.6 Å². The molecule has 1 aromatic heterocycles. The number of aromatic amines is 1. The number of imidazole rings is 1. The van der Waals surface area contributed by atoms with Crippen molar-refractivity contribution in [3.63, 3.8) is 0 Å². The molecule has 2 aromatic rings. The van der Waals surface area contributed by atoms with Crippen LogP contribution < -0.4 is 5.32 Å². The number of H-pyrrole nitrogens is 1. The number of hydrogen-bond acceptors (Lipinski definition) is 3. The molecule has 5 nitrogen and oxygen atoms in total. The molecular weight excluding hydrogens is 230 g/mol. The predicted molar refractivity (Wildman–Crippen MR) is 67.5 cm³/mol. The third-order valence-corrected chi connectivity index (χ3v) is 2.60. The van der Waals surface area contributed by atoms with Gasteiger partial charge in [-0.05, 0) is 24.6 Å². The molecule has 0 aliphatic carbocycles. The van der Waals surface area contributed by atoms with Gasteiger partial charge in [-0.1, -0.05) is 6.07 Å². The SMILES string of the molecule is Cc1ccc(C(=O)NCCc2ncc[nH]2)c(O)c1. The van der Waals surface area contributed by atoms with E-state index < -0.39 is 0 Å². The van der Waals surface area contributed by atoms with Crippen LogP contribution in [0, 0.1) is 6.92 Å². The minimum atomic E-state index is -0.279. The number of aromatic hydroxyl groups is 1. The highest BCUT2D eigenvalue weighted by molar-refractivity contribution is 5.96. The monoisotopic (exact) mass is 245 g/mol. The number of carbonyl (C=O) groups is 1. The van der Waals surface area contributed by atoms with Gasteiger partial charge in [0.2, 0.25) is 0 Å². The van der Waals surface area contributed by atoms with Gasteiger partial charge in [0.15, 0.2) is 0 Å². The highest BCUT2D eigenvalue weighted by atomic mass is 16.3. The highest BCUT2D eigenvalue weighted by Crippen LogP contribution is 2.17. The second-order valence-corrected chi connectivity index (χ2v) is 4.06. The number of rotatable bonds is 4. The molecule has 1 amide bonds. The molecule has 0 fully saturated rings. The molecule has 1 heterocycles. The van der Waals surface area contributed by atoms with Crippen LogP contribution in [0.15, 0.2) is 30.6 Å². The molecule has 5 heteroatoms. The summed E-state index contributed by atoms with van der Waals surface area (Å²) in [4.78, 5) is 18.8. The number of hydrogen-bond donors (Lipinski definition) is 3. The fourth-order valence-electron chi connectivity index (χ4n) is 1.66. The second-order valence-electron chi connectivity index (χ2n) is 4.06. The minimum Gasteiger partial charge on any atom is -0.507 e. The lowest BCUT2D eigenvalue weighted by molar-refractivity contribution is 0.0951. The maximum atomic E-state index is 11.8. The van der Waals surface area contributed by atoms with Gasteiger partial charge in [0.05, 0.1) is 5.56 Å². The Labute approximate surface area is 105 Å². The number of carbonyl (C=O) groups excluding carboxylic acids is 1. The molecule has 0 aliphatic heterocycles. The third-order valence-electron chi connectivity index (χ3n) is 2.60. The van der Waals surface area contributed by atoms with Crippen LogP contribution in [-0.2, 0) is 6.42 Å². The number of phenols is 1. The van der Waals surface area contributed by atoms with Gasteiger partial charge < -0.3 is 15.4 Å². The zero-order valence-corrected chi connectivity index (χ0v) is 10.1. The average Bonchev–Trinajstić information content (AvgIpc) is 2.81. The molecule has 18 heavy (non-hydrogen) atoms. The Bertz CT molecular complexity index is 535. The fraction of sp³-hybridized carbons (Fsp3) is 0.231. The van der Waals surface area contributed by atoms with E-state index >= 15 is 0 Å². The van der Waals surface area contributed by atoms with Crippen LogP contribution in [0.4, 0.5) is 0 Å².